The highest BCUT2D eigenvalue weighted by atomic mass is 32.2. The zero-order valence-corrected chi connectivity index (χ0v) is 14.0. The Balaban J connectivity index is 1.74. The molecule has 1 aromatic carbocycles. The topological polar surface area (TPSA) is 92.3 Å². The van der Waals surface area contributed by atoms with Crippen LogP contribution in [0, 0.1) is 0 Å². The number of carbonyl (C=O) groups excluding carboxylic acids is 1. The first-order valence-corrected chi connectivity index (χ1v) is 9.38. The molecular formula is C16H18N4O3S. The molecule has 0 bridgehead atoms. The molecule has 126 valence electrons. The van der Waals surface area contributed by atoms with Crippen LogP contribution in [0.4, 0.5) is 11.6 Å². The quantitative estimate of drug-likeness (QED) is 0.901. The van der Waals surface area contributed by atoms with Crippen molar-refractivity contribution in [2.45, 2.75) is 12.5 Å². The molecule has 0 unspecified atom stereocenters. The third-order valence-corrected chi connectivity index (χ3v) is 5.76. The fraction of sp³-hybridized carbons (Fsp3) is 0.312. The maximum atomic E-state index is 12.6. The van der Waals surface area contributed by atoms with E-state index in [1.165, 1.54) is 4.90 Å². The van der Waals surface area contributed by atoms with E-state index in [9.17, 15) is 13.2 Å². The number of amides is 1. The smallest absolute Gasteiger partial charge is 0.253 e. The summed E-state index contributed by atoms with van der Waals surface area (Å²) >= 11 is 0. The van der Waals surface area contributed by atoms with Gasteiger partial charge >= 0.3 is 0 Å². The van der Waals surface area contributed by atoms with Gasteiger partial charge in [-0.05, 0) is 30.7 Å². The number of hydrogen-bond acceptors (Lipinski definition) is 6. The van der Waals surface area contributed by atoms with Crippen LogP contribution in [0.3, 0.4) is 0 Å². The Labute approximate surface area is 140 Å². The number of anilines is 2. The highest BCUT2D eigenvalue weighted by molar-refractivity contribution is 7.91. The highest BCUT2D eigenvalue weighted by Gasteiger charge is 2.33. The Morgan fingerprint density at radius 1 is 1.25 bits per heavy atom. The molecule has 24 heavy (non-hydrogen) atoms. The van der Waals surface area contributed by atoms with Gasteiger partial charge in [0.25, 0.3) is 5.91 Å². The largest absolute Gasteiger partial charge is 0.338 e. The predicted molar refractivity (Wildman–Crippen MR) is 90.9 cm³/mol. The lowest BCUT2D eigenvalue weighted by molar-refractivity contribution is 0.0747. The minimum atomic E-state index is -3.03. The summed E-state index contributed by atoms with van der Waals surface area (Å²) in [5, 5.41) is 3.03. The van der Waals surface area contributed by atoms with E-state index in [2.05, 4.69) is 15.3 Å². The van der Waals surface area contributed by atoms with Gasteiger partial charge in [0, 0.05) is 36.7 Å². The molecule has 2 heterocycles. The summed E-state index contributed by atoms with van der Waals surface area (Å²) < 4.78 is 23.2. The first kappa shape index (κ1) is 16.4. The van der Waals surface area contributed by atoms with Crippen molar-refractivity contribution in [3.8, 4) is 0 Å². The second-order valence-electron chi connectivity index (χ2n) is 5.75. The number of aromatic nitrogens is 2. The number of nitrogens with one attached hydrogen (secondary N) is 1. The molecule has 1 aliphatic rings. The van der Waals surface area contributed by atoms with Crippen LogP contribution < -0.4 is 5.32 Å². The van der Waals surface area contributed by atoms with Crippen molar-refractivity contribution >= 4 is 27.4 Å². The number of benzene rings is 1. The molecule has 2 aromatic rings. The van der Waals surface area contributed by atoms with Crippen LogP contribution in [0.2, 0.25) is 0 Å². The van der Waals surface area contributed by atoms with Crippen molar-refractivity contribution in [1.82, 2.24) is 14.9 Å². The summed E-state index contributed by atoms with van der Waals surface area (Å²) in [5.41, 5.74) is 1.18. The SMILES string of the molecule is CN(C(=O)c1cccc(Nc2ncccn2)c1)[C@@H]1CCS(=O)(=O)C1. The van der Waals surface area contributed by atoms with Gasteiger partial charge in [0.2, 0.25) is 5.95 Å². The molecule has 0 spiro atoms. The Kier molecular flexibility index (Phi) is 4.48. The van der Waals surface area contributed by atoms with Crippen LogP contribution in [-0.2, 0) is 9.84 Å². The number of hydrogen-bond donors (Lipinski definition) is 1. The van der Waals surface area contributed by atoms with Crippen LogP contribution in [0.1, 0.15) is 16.8 Å². The molecule has 7 nitrogen and oxygen atoms in total. The van der Waals surface area contributed by atoms with Gasteiger partial charge in [-0.25, -0.2) is 18.4 Å². The lowest BCUT2D eigenvalue weighted by Gasteiger charge is -2.23. The monoisotopic (exact) mass is 346 g/mol. The number of carbonyl (C=O) groups is 1. The van der Waals surface area contributed by atoms with Crippen molar-refractivity contribution < 1.29 is 13.2 Å². The second kappa shape index (κ2) is 6.56. The van der Waals surface area contributed by atoms with E-state index in [0.717, 1.165) is 0 Å². The average Bonchev–Trinajstić information content (AvgIpc) is 2.95. The van der Waals surface area contributed by atoms with Crippen LogP contribution in [0.15, 0.2) is 42.7 Å². The Hall–Kier alpha value is -2.48. The second-order valence-corrected chi connectivity index (χ2v) is 7.98. The molecule has 1 N–H and O–H groups in total. The number of nitrogens with zero attached hydrogens (tertiary/aromatic N) is 3. The van der Waals surface area contributed by atoms with Crippen molar-refractivity contribution in [2.75, 3.05) is 23.9 Å². The van der Waals surface area contributed by atoms with Gasteiger partial charge in [-0.2, -0.15) is 0 Å². The average molecular weight is 346 g/mol. The number of rotatable bonds is 4. The first-order chi connectivity index (χ1) is 11.4. The fourth-order valence-electron chi connectivity index (χ4n) is 2.67. The van der Waals surface area contributed by atoms with Crippen molar-refractivity contribution in [3.05, 3.63) is 48.3 Å². The maximum absolute atomic E-state index is 12.6. The zero-order chi connectivity index (χ0) is 17.2. The van der Waals surface area contributed by atoms with Gasteiger partial charge in [-0.15, -0.1) is 0 Å². The van der Waals surface area contributed by atoms with Gasteiger partial charge in [0.1, 0.15) is 0 Å². The summed E-state index contributed by atoms with van der Waals surface area (Å²) in [6.45, 7) is 0. The Bertz CT molecular complexity index is 839. The molecule has 1 fully saturated rings. The van der Waals surface area contributed by atoms with Crippen molar-refractivity contribution in [2.24, 2.45) is 0 Å². The van der Waals surface area contributed by atoms with E-state index in [-0.39, 0.29) is 23.5 Å². The fourth-order valence-corrected chi connectivity index (χ4v) is 4.45. The maximum Gasteiger partial charge on any atom is 0.253 e. The van der Waals surface area contributed by atoms with E-state index >= 15 is 0 Å². The molecule has 0 aliphatic carbocycles. The van der Waals surface area contributed by atoms with E-state index in [1.807, 2.05) is 6.07 Å². The predicted octanol–water partition coefficient (Wildman–Crippen LogP) is 1.48. The summed E-state index contributed by atoms with van der Waals surface area (Å²) in [6, 6.07) is 8.44. The molecule has 1 aromatic heterocycles. The van der Waals surface area contributed by atoms with Crippen LogP contribution in [0.5, 0.6) is 0 Å². The lowest BCUT2D eigenvalue weighted by atomic mass is 10.1. The zero-order valence-electron chi connectivity index (χ0n) is 13.2. The first-order valence-electron chi connectivity index (χ1n) is 7.56. The van der Waals surface area contributed by atoms with Gasteiger partial charge in [0.15, 0.2) is 9.84 Å². The minimum Gasteiger partial charge on any atom is -0.338 e. The van der Waals surface area contributed by atoms with E-state index in [1.54, 1.807) is 43.7 Å². The summed E-state index contributed by atoms with van der Waals surface area (Å²) in [6.07, 6.45) is 3.73. The van der Waals surface area contributed by atoms with Gasteiger partial charge in [-0.3, -0.25) is 4.79 Å². The van der Waals surface area contributed by atoms with Gasteiger partial charge < -0.3 is 10.2 Å². The highest BCUT2D eigenvalue weighted by Crippen LogP contribution is 2.20. The van der Waals surface area contributed by atoms with Crippen LogP contribution in [-0.4, -0.2) is 53.8 Å². The Morgan fingerprint density at radius 3 is 2.67 bits per heavy atom. The van der Waals surface area contributed by atoms with Crippen LogP contribution >= 0.6 is 0 Å². The lowest BCUT2D eigenvalue weighted by Crippen LogP contribution is -2.37. The van der Waals surface area contributed by atoms with E-state index in [4.69, 9.17) is 0 Å². The molecule has 0 radical (unpaired) electrons. The van der Waals surface area contributed by atoms with Gasteiger partial charge in [0.05, 0.1) is 11.5 Å². The van der Waals surface area contributed by atoms with Crippen molar-refractivity contribution in [1.29, 1.82) is 0 Å². The summed E-state index contributed by atoms with van der Waals surface area (Å²) in [7, 11) is -1.38. The normalized spacial score (nSPS) is 19.0. The van der Waals surface area contributed by atoms with E-state index < -0.39 is 9.84 Å². The molecule has 1 aliphatic heterocycles. The van der Waals surface area contributed by atoms with Crippen LogP contribution in [0.25, 0.3) is 0 Å². The molecule has 1 saturated heterocycles. The molecule has 1 atom stereocenters. The molecule has 8 heteroatoms. The van der Waals surface area contributed by atoms with E-state index in [0.29, 0.717) is 23.6 Å². The molecular weight excluding hydrogens is 328 g/mol. The van der Waals surface area contributed by atoms with Gasteiger partial charge in [-0.1, -0.05) is 6.07 Å². The summed E-state index contributed by atoms with van der Waals surface area (Å²) in [5.74, 6) is 0.417. The minimum absolute atomic E-state index is 0.0328. The third-order valence-electron chi connectivity index (χ3n) is 4.01. The standard InChI is InChI=1S/C16H18N4O3S/c1-20(14-6-9-24(22,23)11-14)15(21)12-4-2-5-13(10-12)19-16-17-7-3-8-18-16/h2-5,7-8,10,14H,6,9,11H2,1H3,(H,17,18,19)/t14-/m1/s1. The molecule has 3 rings (SSSR count). The third kappa shape index (κ3) is 3.70. The molecule has 0 saturated carbocycles. The van der Waals surface area contributed by atoms with Crippen molar-refractivity contribution in [3.63, 3.8) is 0 Å². The Morgan fingerprint density at radius 2 is 2.00 bits per heavy atom. The summed E-state index contributed by atoms with van der Waals surface area (Å²) in [4.78, 5) is 22.3. The number of sulfone groups is 1. The molecule has 1 amide bonds.